The van der Waals surface area contributed by atoms with E-state index < -0.39 is 11.6 Å². The van der Waals surface area contributed by atoms with Crippen molar-refractivity contribution >= 4 is 5.82 Å². The highest BCUT2D eigenvalue weighted by Crippen LogP contribution is 2.60. The van der Waals surface area contributed by atoms with Gasteiger partial charge < -0.3 is 10.3 Å². The van der Waals surface area contributed by atoms with Crippen molar-refractivity contribution < 1.29 is 13.3 Å². The number of aromatic nitrogens is 1. The molecule has 5 heteroatoms. The highest BCUT2D eigenvalue weighted by atomic mass is 19.1. The first-order valence-electron chi connectivity index (χ1n) is 6.10. The van der Waals surface area contributed by atoms with Gasteiger partial charge in [-0.25, -0.2) is 8.78 Å². The minimum Gasteiger partial charge on any atom is -0.380 e. The van der Waals surface area contributed by atoms with Crippen molar-refractivity contribution in [3.63, 3.8) is 0 Å². The average Bonchev–Trinajstić information content (AvgIpc) is 2.76. The Morgan fingerprint density at radius 3 is 2.37 bits per heavy atom. The molecular formula is C14H14F2N2O. The Kier molecular flexibility index (Phi) is 2.42. The summed E-state index contributed by atoms with van der Waals surface area (Å²) in [6.07, 6.45) is 0.951. The van der Waals surface area contributed by atoms with Crippen molar-refractivity contribution in [3.8, 4) is 11.1 Å². The zero-order valence-electron chi connectivity index (χ0n) is 10.7. The first kappa shape index (κ1) is 12.1. The molecule has 1 heterocycles. The van der Waals surface area contributed by atoms with Gasteiger partial charge in [0.25, 0.3) is 0 Å². The lowest BCUT2D eigenvalue weighted by molar-refractivity contribution is 0.376. The zero-order chi connectivity index (χ0) is 13.8. The molecule has 1 aromatic heterocycles. The van der Waals surface area contributed by atoms with Gasteiger partial charge in [-0.2, -0.15) is 0 Å². The molecule has 2 N–H and O–H groups in total. The number of nitrogen functional groups attached to an aromatic ring is 1. The van der Waals surface area contributed by atoms with E-state index in [4.69, 9.17) is 10.3 Å². The molecule has 0 aliphatic heterocycles. The molecule has 0 saturated heterocycles. The smallest absolute Gasteiger partial charge is 0.175 e. The van der Waals surface area contributed by atoms with Gasteiger partial charge in [-0.1, -0.05) is 19.0 Å². The lowest BCUT2D eigenvalue weighted by Crippen LogP contribution is -1.94. The summed E-state index contributed by atoms with van der Waals surface area (Å²) in [5.41, 5.74) is 6.77. The second-order valence-electron chi connectivity index (χ2n) is 5.71. The minimum absolute atomic E-state index is 0.118. The van der Waals surface area contributed by atoms with Crippen LogP contribution in [0.2, 0.25) is 0 Å². The number of hydrogen-bond donors (Lipinski definition) is 1. The first-order chi connectivity index (χ1) is 8.88. The van der Waals surface area contributed by atoms with E-state index in [-0.39, 0.29) is 17.2 Å². The van der Waals surface area contributed by atoms with Crippen molar-refractivity contribution in [2.24, 2.45) is 5.41 Å². The summed E-state index contributed by atoms with van der Waals surface area (Å²) in [5, 5.41) is 3.74. The van der Waals surface area contributed by atoms with E-state index in [0.717, 1.165) is 12.5 Å². The van der Waals surface area contributed by atoms with Gasteiger partial charge in [-0.3, -0.25) is 0 Å². The van der Waals surface area contributed by atoms with Crippen LogP contribution in [0.4, 0.5) is 14.6 Å². The van der Waals surface area contributed by atoms with E-state index in [1.165, 1.54) is 12.1 Å². The molecule has 1 fully saturated rings. The van der Waals surface area contributed by atoms with E-state index >= 15 is 0 Å². The average molecular weight is 264 g/mol. The Balaban J connectivity index is 2.12. The van der Waals surface area contributed by atoms with E-state index in [1.54, 1.807) is 0 Å². The van der Waals surface area contributed by atoms with E-state index in [0.29, 0.717) is 16.9 Å². The van der Waals surface area contributed by atoms with Crippen LogP contribution in [0.25, 0.3) is 11.1 Å². The number of hydrogen-bond acceptors (Lipinski definition) is 3. The molecular weight excluding hydrogens is 250 g/mol. The van der Waals surface area contributed by atoms with Gasteiger partial charge in [0.2, 0.25) is 0 Å². The Bertz CT molecular complexity index is 629. The SMILES string of the molecule is CC1(C)CC1c1onc(N)c1-c1cc(F)cc(F)c1. The predicted octanol–water partition coefficient (Wildman–Crippen LogP) is 3.72. The van der Waals surface area contributed by atoms with E-state index in [2.05, 4.69) is 19.0 Å². The minimum atomic E-state index is -0.642. The molecule has 0 spiro atoms. The Labute approximate surface area is 109 Å². The number of benzene rings is 1. The molecule has 2 aromatic rings. The molecule has 1 saturated carbocycles. The molecule has 1 aliphatic rings. The Morgan fingerprint density at radius 1 is 1.26 bits per heavy atom. The lowest BCUT2D eigenvalue weighted by atomic mass is 10.00. The number of halogens is 2. The van der Waals surface area contributed by atoms with Gasteiger partial charge in [0.15, 0.2) is 5.82 Å². The quantitative estimate of drug-likeness (QED) is 0.899. The number of nitrogens with two attached hydrogens (primary N) is 1. The van der Waals surface area contributed by atoms with Crippen LogP contribution in [0.15, 0.2) is 22.7 Å². The second-order valence-corrected chi connectivity index (χ2v) is 5.71. The molecule has 100 valence electrons. The normalized spacial score (nSPS) is 20.5. The number of anilines is 1. The van der Waals surface area contributed by atoms with Gasteiger partial charge in [-0.05, 0) is 29.5 Å². The summed E-state index contributed by atoms with van der Waals surface area (Å²) >= 11 is 0. The monoisotopic (exact) mass is 264 g/mol. The topological polar surface area (TPSA) is 52.0 Å². The molecule has 1 aliphatic carbocycles. The molecule has 0 bridgehead atoms. The van der Waals surface area contributed by atoms with Crippen LogP contribution in [-0.2, 0) is 0 Å². The largest absolute Gasteiger partial charge is 0.380 e. The van der Waals surface area contributed by atoms with Gasteiger partial charge in [0, 0.05) is 12.0 Å². The van der Waals surface area contributed by atoms with Crippen molar-refractivity contribution in [2.45, 2.75) is 26.2 Å². The van der Waals surface area contributed by atoms with Crippen LogP contribution >= 0.6 is 0 Å². The number of rotatable bonds is 2. The van der Waals surface area contributed by atoms with Gasteiger partial charge in [0.1, 0.15) is 17.4 Å². The van der Waals surface area contributed by atoms with Crippen molar-refractivity contribution in [1.82, 2.24) is 5.16 Å². The molecule has 1 aromatic carbocycles. The van der Waals surface area contributed by atoms with Crippen LogP contribution in [0.1, 0.15) is 31.9 Å². The Hall–Kier alpha value is -1.91. The second kappa shape index (κ2) is 3.79. The molecule has 1 unspecified atom stereocenters. The highest BCUT2D eigenvalue weighted by Gasteiger charge is 2.50. The van der Waals surface area contributed by atoms with E-state index in [9.17, 15) is 8.78 Å². The van der Waals surface area contributed by atoms with E-state index in [1.807, 2.05) is 0 Å². The van der Waals surface area contributed by atoms with Crippen LogP contribution in [0.3, 0.4) is 0 Å². The highest BCUT2D eigenvalue weighted by molar-refractivity contribution is 5.76. The fourth-order valence-corrected chi connectivity index (χ4v) is 2.46. The zero-order valence-corrected chi connectivity index (χ0v) is 10.7. The molecule has 19 heavy (non-hydrogen) atoms. The molecule has 3 nitrogen and oxygen atoms in total. The van der Waals surface area contributed by atoms with Crippen LogP contribution in [0.5, 0.6) is 0 Å². The van der Waals surface area contributed by atoms with Gasteiger partial charge >= 0.3 is 0 Å². The molecule has 0 amide bonds. The number of nitrogens with zero attached hydrogens (tertiary/aromatic N) is 1. The molecule has 1 atom stereocenters. The Morgan fingerprint density at radius 2 is 1.84 bits per heavy atom. The maximum Gasteiger partial charge on any atom is 0.175 e. The van der Waals surface area contributed by atoms with Crippen molar-refractivity contribution in [3.05, 3.63) is 35.6 Å². The van der Waals surface area contributed by atoms with Crippen molar-refractivity contribution in [2.75, 3.05) is 5.73 Å². The van der Waals surface area contributed by atoms with Crippen LogP contribution in [-0.4, -0.2) is 5.16 Å². The predicted molar refractivity (Wildman–Crippen MR) is 67.4 cm³/mol. The third-order valence-corrected chi connectivity index (χ3v) is 3.73. The fraction of sp³-hybridized carbons (Fsp3) is 0.357. The van der Waals surface area contributed by atoms with Crippen LogP contribution in [0, 0.1) is 17.0 Å². The third kappa shape index (κ3) is 1.99. The van der Waals surface area contributed by atoms with Gasteiger partial charge in [0.05, 0.1) is 5.56 Å². The van der Waals surface area contributed by atoms with Gasteiger partial charge in [-0.15, -0.1) is 0 Å². The maximum atomic E-state index is 13.3. The summed E-state index contributed by atoms with van der Waals surface area (Å²) < 4.78 is 31.9. The summed E-state index contributed by atoms with van der Waals surface area (Å²) in [6.45, 7) is 4.21. The van der Waals surface area contributed by atoms with Crippen LogP contribution < -0.4 is 5.73 Å². The first-order valence-corrected chi connectivity index (χ1v) is 6.10. The summed E-state index contributed by atoms with van der Waals surface area (Å²) in [4.78, 5) is 0. The summed E-state index contributed by atoms with van der Waals surface area (Å²) in [7, 11) is 0. The van der Waals surface area contributed by atoms with Crippen molar-refractivity contribution in [1.29, 1.82) is 0 Å². The molecule has 3 rings (SSSR count). The summed E-state index contributed by atoms with van der Waals surface area (Å²) in [6, 6.07) is 3.31. The standard InChI is InChI=1S/C14H14F2N2O/c1-14(2)6-10(14)12-11(13(17)18-19-12)7-3-8(15)5-9(16)4-7/h3-5,10H,6H2,1-2H3,(H2,17,18). The third-order valence-electron chi connectivity index (χ3n) is 3.73. The summed E-state index contributed by atoms with van der Waals surface area (Å²) in [5.74, 6) is -0.304. The lowest BCUT2D eigenvalue weighted by Gasteiger charge is -2.05. The fourth-order valence-electron chi connectivity index (χ4n) is 2.46. The molecule has 0 radical (unpaired) electrons. The maximum absolute atomic E-state index is 13.3.